The molecule has 2 heterocycles. The molecule has 128 valence electrons. The first-order chi connectivity index (χ1) is 10.7. The SMILES string of the molecule is CCN1CCCC[C@H]1C(=O)NC1CCN(CCCOC)CC1. The normalized spacial score (nSPS) is 25.3. The highest BCUT2D eigenvalue weighted by Crippen LogP contribution is 2.18. The molecule has 2 aliphatic heterocycles. The first-order valence-electron chi connectivity index (χ1n) is 9.00. The first-order valence-corrected chi connectivity index (χ1v) is 9.00. The second-order valence-corrected chi connectivity index (χ2v) is 6.61. The molecule has 22 heavy (non-hydrogen) atoms. The van der Waals surface area contributed by atoms with Crippen molar-refractivity contribution >= 4 is 5.91 Å². The van der Waals surface area contributed by atoms with E-state index in [1.54, 1.807) is 7.11 Å². The quantitative estimate of drug-likeness (QED) is 0.723. The van der Waals surface area contributed by atoms with E-state index in [-0.39, 0.29) is 11.9 Å². The molecule has 0 aromatic carbocycles. The van der Waals surface area contributed by atoms with E-state index in [9.17, 15) is 4.79 Å². The predicted molar refractivity (Wildman–Crippen MR) is 89.0 cm³/mol. The third-order valence-corrected chi connectivity index (χ3v) is 5.08. The highest BCUT2D eigenvalue weighted by molar-refractivity contribution is 5.82. The van der Waals surface area contributed by atoms with Crippen molar-refractivity contribution in [1.82, 2.24) is 15.1 Å². The standard InChI is InChI=1S/C17H33N3O2/c1-3-20-11-5-4-7-16(20)17(21)18-15-8-12-19(13-9-15)10-6-14-22-2/h15-16H,3-14H2,1-2H3,(H,18,21)/t16-/m0/s1. The zero-order chi connectivity index (χ0) is 15.8. The molecular weight excluding hydrogens is 278 g/mol. The molecule has 0 aliphatic carbocycles. The van der Waals surface area contributed by atoms with Crippen molar-refractivity contribution in [3.05, 3.63) is 0 Å². The van der Waals surface area contributed by atoms with E-state index >= 15 is 0 Å². The third-order valence-electron chi connectivity index (χ3n) is 5.08. The maximum Gasteiger partial charge on any atom is 0.237 e. The van der Waals surface area contributed by atoms with Crippen LogP contribution in [0.15, 0.2) is 0 Å². The van der Waals surface area contributed by atoms with E-state index in [0.717, 1.165) is 65.0 Å². The van der Waals surface area contributed by atoms with Gasteiger partial charge in [0.25, 0.3) is 0 Å². The molecule has 0 unspecified atom stereocenters. The molecule has 0 aromatic heterocycles. The summed E-state index contributed by atoms with van der Waals surface area (Å²) in [6, 6.07) is 0.477. The van der Waals surface area contributed by atoms with Gasteiger partial charge in [-0.25, -0.2) is 0 Å². The number of rotatable bonds is 7. The minimum absolute atomic E-state index is 0.110. The fourth-order valence-electron chi connectivity index (χ4n) is 3.70. The van der Waals surface area contributed by atoms with E-state index in [1.165, 1.54) is 12.8 Å². The van der Waals surface area contributed by atoms with Gasteiger partial charge in [-0.2, -0.15) is 0 Å². The van der Waals surface area contributed by atoms with Crippen LogP contribution >= 0.6 is 0 Å². The fourth-order valence-corrected chi connectivity index (χ4v) is 3.70. The number of hydrogen-bond acceptors (Lipinski definition) is 4. The van der Waals surface area contributed by atoms with Crippen molar-refractivity contribution < 1.29 is 9.53 Å². The zero-order valence-electron chi connectivity index (χ0n) is 14.4. The van der Waals surface area contributed by atoms with Crippen LogP contribution in [0.2, 0.25) is 0 Å². The number of nitrogens with zero attached hydrogens (tertiary/aromatic N) is 2. The van der Waals surface area contributed by atoms with Gasteiger partial charge in [-0.15, -0.1) is 0 Å². The summed E-state index contributed by atoms with van der Waals surface area (Å²) in [4.78, 5) is 17.4. The lowest BCUT2D eigenvalue weighted by Gasteiger charge is -2.36. The number of likely N-dealkylation sites (N-methyl/N-ethyl adjacent to an activating group) is 1. The Balaban J connectivity index is 1.69. The van der Waals surface area contributed by atoms with E-state index in [1.807, 2.05) is 0 Å². The van der Waals surface area contributed by atoms with Crippen LogP contribution in [0.3, 0.4) is 0 Å². The Bertz CT molecular complexity index is 330. The van der Waals surface area contributed by atoms with Crippen LogP contribution in [0, 0.1) is 0 Å². The Morgan fingerprint density at radius 1 is 1.18 bits per heavy atom. The molecule has 2 saturated heterocycles. The second-order valence-electron chi connectivity index (χ2n) is 6.61. The summed E-state index contributed by atoms with van der Waals surface area (Å²) in [7, 11) is 1.76. The van der Waals surface area contributed by atoms with Gasteiger partial charge in [0.15, 0.2) is 0 Å². The molecule has 2 rings (SSSR count). The molecular formula is C17H33N3O2. The summed E-state index contributed by atoms with van der Waals surface area (Å²) in [6.45, 7) is 8.35. The largest absolute Gasteiger partial charge is 0.385 e. The summed E-state index contributed by atoms with van der Waals surface area (Å²) >= 11 is 0. The Morgan fingerprint density at radius 2 is 1.95 bits per heavy atom. The lowest BCUT2D eigenvalue weighted by Crippen LogP contribution is -2.53. The minimum atomic E-state index is 0.110. The number of likely N-dealkylation sites (tertiary alicyclic amines) is 2. The van der Waals surface area contributed by atoms with Crippen LogP contribution in [0.5, 0.6) is 0 Å². The van der Waals surface area contributed by atoms with Gasteiger partial charge in [-0.05, 0) is 45.2 Å². The zero-order valence-corrected chi connectivity index (χ0v) is 14.4. The number of amides is 1. The van der Waals surface area contributed by atoms with E-state index < -0.39 is 0 Å². The Hall–Kier alpha value is -0.650. The molecule has 2 fully saturated rings. The fraction of sp³-hybridized carbons (Fsp3) is 0.941. The lowest BCUT2D eigenvalue weighted by atomic mass is 9.99. The molecule has 2 aliphatic rings. The van der Waals surface area contributed by atoms with Gasteiger partial charge in [0.1, 0.15) is 0 Å². The van der Waals surface area contributed by atoms with Crippen LogP contribution in [-0.2, 0) is 9.53 Å². The molecule has 0 aromatic rings. The third kappa shape index (κ3) is 5.21. The van der Waals surface area contributed by atoms with Crippen LogP contribution < -0.4 is 5.32 Å². The van der Waals surface area contributed by atoms with Crippen LogP contribution in [0.1, 0.15) is 45.4 Å². The molecule has 1 atom stereocenters. The van der Waals surface area contributed by atoms with Crippen molar-refractivity contribution in [3.63, 3.8) is 0 Å². The number of carbonyl (C=O) groups is 1. The summed E-state index contributed by atoms with van der Waals surface area (Å²) in [5, 5.41) is 3.31. The summed E-state index contributed by atoms with van der Waals surface area (Å²) < 4.78 is 5.11. The number of carbonyl (C=O) groups excluding carboxylic acids is 1. The van der Waals surface area contributed by atoms with Crippen LogP contribution in [-0.4, -0.2) is 74.2 Å². The molecule has 0 radical (unpaired) electrons. The second kappa shape index (κ2) is 9.48. The van der Waals surface area contributed by atoms with Gasteiger partial charge in [-0.3, -0.25) is 9.69 Å². The van der Waals surface area contributed by atoms with E-state index in [4.69, 9.17) is 4.74 Å². The number of nitrogens with one attached hydrogen (secondary N) is 1. The van der Waals surface area contributed by atoms with Crippen molar-refractivity contribution in [2.45, 2.75) is 57.5 Å². The minimum Gasteiger partial charge on any atom is -0.385 e. The van der Waals surface area contributed by atoms with Gasteiger partial charge in [-0.1, -0.05) is 13.3 Å². The number of ether oxygens (including phenoxy) is 1. The Morgan fingerprint density at radius 3 is 2.64 bits per heavy atom. The van der Waals surface area contributed by atoms with Gasteiger partial charge in [0.05, 0.1) is 6.04 Å². The maximum absolute atomic E-state index is 12.5. The number of methoxy groups -OCH3 is 1. The average Bonchev–Trinajstić information content (AvgIpc) is 2.56. The number of hydrogen-bond donors (Lipinski definition) is 1. The van der Waals surface area contributed by atoms with Crippen molar-refractivity contribution in [2.75, 3.05) is 46.4 Å². The van der Waals surface area contributed by atoms with Crippen molar-refractivity contribution in [3.8, 4) is 0 Å². The Kier molecular flexibility index (Phi) is 7.63. The van der Waals surface area contributed by atoms with E-state index in [0.29, 0.717) is 6.04 Å². The van der Waals surface area contributed by atoms with Gasteiger partial charge in [0.2, 0.25) is 5.91 Å². The molecule has 0 spiro atoms. The van der Waals surface area contributed by atoms with Crippen LogP contribution in [0.25, 0.3) is 0 Å². The topological polar surface area (TPSA) is 44.8 Å². The summed E-state index contributed by atoms with van der Waals surface area (Å²) in [6.07, 6.45) is 6.70. The monoisotopic (exact) mass is 311 g/mol. The molecule has 1 amide bonds. The molecule has 0 bridgehead atoms. The van der Waals surface area contributed by atoms with Gasteiger partial charge >= 0.3 is 0 Å². The molecule has 5 heteroatoms. The maximum atomic E-state index is 12.5. The number of piperidine rings is 2. The molecule has 1 N–H and O–H groups in total. The van der Waals surface area contributed by atoms with Gasteiger partial charge in [0, 0.05) is 39.4 Å². The summed E-state index contributed by atoms with van der Waals surface area (Å²) in [5.74, 6) is 0.263. The van der Waals surface area contributed by atoms with E-state index in [2.05, 4.69) is 22.0 Å². The highest BCUT2D eigenvalue weighted by atomic mass is 16.5. The summed E-state index contributed by atoms with van der Waals surface area (Å²) in [5.41, 5.74) is 0. The van der Waals surface area contributed by atoms with Gasteiger partial charge < -0.3 is 15.0 Å². The molecule has 5 nitrogen and oxygen atoms in total. The average molecular weight is 311 g/mol. The lowest BCUT2D eigenvalue weighted by molar-refractivity contribution is -0.128. The highest BCUT2D eigenvalue weighted by Gasteiger charge is 2.29. The van der Waals surface area contributed by atoms with Crippen molar-refractivity contribution in [1.29, 1.82) is 0 Å². The smallest absolute Gasteiger partial charge is 0.237 e. The first kappa shape index (κ1) is 17.7. The van der Waals surface area contributed by atoms with Crippen molar-refractivity contribution in [2.24, 2.45) is 0 Å². The predicted octanol–water partition coefficient (Wildman–Crippen LogP) is 1.48. The van der Waals surface area contributed by atoms with Crippen LogP contribution in [0.4, 0.5) is 0 Å². The Labute approximate surface area is 135 Å². The molecule has 0 saturated carbocycles.